The Morgan fingerprint density at radius 2 is 1.92 bits per heavy atom. The van der Waals surface area contributed by atoms with E-state index in [0.717, 1.165) is 39.8 Å². The Balaban J connectivity index is 1.81. The number of hydrogen-bond acceptors (Lipinski definition) is 2. The van der Waals surface area contributed by atoms with Crippen molar-refractivity contribution in [2.24, 2.45) is 0 Å². The van der Waals surface area contributed by atoms with E-state index in [1.807, 2.05) is 42.7 Å². The molecular formula is C20H17BrN2O2. The fourth-order valence-electron chi connectivity index (χ4n) is 3.61. The topological polar surface area (TPSA) is 51.1 Å². The summed E-state index contributed by atoms with van der Waals surface area (Å²) in [5.41, 5.74) is 4.76. The number of nitrogens with zero attached hydrogens (tertiary/aromatic N) is 1. The molecule has 25 heavy (non-hydrogen) atoms. The van der Waals surface area contributed by atoms with E-state index in [4.69, 9.17) is 0 Å². The average molecular weight is 397 g/mol. The Bertz CT molecular complexity index is 1080. The molecule has 0 atom stereocenters. The molecule has 4 nitrogen and oxygen atoms in total. The first-order valence-electron chi connectivity index (χ1n) is 8.19. The number of anilines is 1. The highest BCUT2D eigenvalue weighted by Crippen LogP contribution is 2.27. The van der Waals surface area contributed by atoms with Gasteiger partial charge < -0.3 is 9.88 Å². The van der Waals surface area contributed by atoms with Crippen molar-refractivity contribution in [1.29, 1.82) is 0 Å². The first kappa shape index (κ1) is 16.1. The van der Waals surface area contributed by atoms with Gasteiger partial charge in [-0.2, -0.15) is 0 Å². The number of aryl methyl sites for hydroxylation is 4. The fraction of sp³-hybridized carbons (Fsp3) is 0.200. The number of benzene rings is 2. The van der Waals surface area contributed by atoms with Crippen molar-refractivity contribution in [2.75, 3.05) is 5.32 Å². The molecule has 5 heteroatoms. The predicted molar refractivity (Wildman–Crippen MR) is 103 cm³/mol. The Morgan fingerprint density at radius 3 is 2.64 bits per heavy atom. The number of carbonyl (C=O) groups is 1. The van der Waals surface area contributed by atoms with Crippen LogP contribution in [-0.2, 0) is 13.0 Å². The van der Waals surface area contributed by atoms with Gasteiger partial charge in [0.2, 0.25) is 5.43 Å². The largest absolute Gasteiger partial charge is 0.346 e. The summed E-state index contributed by atoms with van der Waals surface area (Å²) in [6, 6.07) is 9.62. The summed E-state index contributed by atoms with van der Waals surface area (Å²) < 4.78 is 2.98. The second-order valence-corrected chi connectivity index (χ2v) is 7.41. The molecule has 0 radical (unpaired) electrons. The van der Waals surface area contributed by atoms with Crippen LogP contribution in [0.25, 0.3) is 10.9 Å². The van der Waals surface area contributed by atoms with Crippen LogP contribution in [0.4, 0.5) is 5.69 Å². The van der Waals surface area contributed by atoms with Gasteiger partial charge >= 0.3 is 0 Å². The monoisotopic (exact) mass is 396 g/mol. The zero-order valence-corrected chi connectivity index (χ0v) is 15.6. The van der Waals surface area contributed by atoms with Crippen LogP contribution in [0.1, 0.15) is 27.0 Å². The summed E-state index contributed by atoms with van der Waals surface area (Å²) in [5.74, 6) is -0.360. The Hall–Kier alpha value is -2.40. The highest BCUT2D eigenvalue weighted by Gasteiger charge is 2.21. The number of halogens is 1. The van der Waals surface area contributed by atoms with Gasteiger partial charge in [-0.1, -0.05) is 28.1 Å². The molecule has 3 aromatic rings. The Kier molecular flexibility index (Phi) is 3.76. The maximum absolute atomic E-state index is 12.8. The lowest BCUT2D eigenvalue weighted by Crippen LogP contribution is -2.24. The van der Waals surface area contributed by atoms with E-state index in [0.29, 0.717) is 5.39 Å². The van der Waals surface area contributed by atoms with Crippen molar-refractivity contribution < 1.29 is 4.79 Å². The molecule has 1 N–H and O–H groups in total. The summed E-state index contributed by atoms with van der Waals surface area (Å²) in [4.78, 5) is 25.7. The molecule has 0 unspecified atom stereocenters. The molecular weight excluding hydrogens is 380 g/mol. The lowest BCUT2D eigenvalue weighted by molar-refractivity contribution is 0.102. The van der Waals surface area contributed by atoms with Crippen LogP contribution in [-0.4, -0.2) is 10.5 Å². The van der Waals surface area contributed by atoms with E-state index >= 15 is 0 Å². The van der Waals surface area contributed by atoms with Gasteiger partial charge in [-0.15, -0.1) is 0 Å². The third kappa shape index (κ3) is 2.59. The number of pyridine rings is 1. The van der Waals surface area contributed by atoms with E-state index in [1.54, 1.807) is 12.3 Å². The van der Waals surface area contributed by atoms with Crippen molar-refractivity contribution in [3.05, 3.63) is 73.5 Å². The first-order chi connectivity index (χ1) is 12.0. The average Bonchev–Trinajstić information content (AvgIpc) is 2.98. The van der Waals surface area contributed by atoms with Crippen molar-refractivity contribution >= 4 is 38.4 Å². The number of para-hydroxylation sites is 1. The lowest BCUT2D eigenvalue weighted by Gasteiger charge is -2.13. The normalized spacial score (nSPS) is 12.6. The summed E-state index contributed by atoms with van der Waals surface area (Å²) in [7, 11) is 0. The molecule has 1 aromatic heterocycles. The van der Waals surface area contributed by atoms with E-state index in [-0.39, 0.29) is 16.9 Å². The van der Waals surface area contributed by atoms with Gasteiger partial charge in [0.25, 0.3) is 5.91 Å². The zero-order chi connectivity index (χ0) is 17.7. The summed E-state index contributed by atoms with van der Waals surface area (Å²) in [5, 5.41) is 3.54. The fourth-order valence-corrected chi connectivity index (χ4v) is 4.29. The minimum absolute atomic E-state index is 0.188. The number of hydrogen-bond donors (Lipinski definition) is 1. The van der Waals surface area contributed by atoms with Crippen molar-refractivity contribution in [1.82, 2.24) is 4.57 Å². The van der Waals surface area contributed by atoms with Gasteiger partial charge in [0.1, 0.15) is 5.56 Å². The molecule has 1 amide bonds. The van der Waals surface area contributed by atoms with Crippen LogP contribution in [0.15, 0.2) is 45.8 Å². The minimum Gasteiger partial charge on any atom is -0.346 e. The van der Waals surface area contributed by atoms with Gasteiger partial charge in [-0.3, -0.25) is 9.59 Å². The minimum atomic E-state index is -0.360. The van der Waals surface area contributed by atoms with Crippen LogP contribution in [0.3, 0.4) is 0 Å². The molecule has 126 valence electrons. The summed E-state index contributed by atoms with van der Waals surface area (Å²) in [6.45, 7) is 4.67. The zero-order valence-electron chi connectivity index (χ0n) is 14.0. The van der Waals surface area contributed by atoms with E-state index < -0.39 is 0 Å². The Labute approximate surface area is 153 Å². The van der Waals surface area contributed by atoms with E-state index in [2.05, 4.69) is 21.2 Å². The maximum Gasteiger partial charge on any atom is 0.261 e. The van der Waals surface area contributed by atoms with E-state index in [9.17, 15) is 9.59 Å². The molecule has 0 spiro atoms. The maximum atomic E-state index is 12.8. The molecule has 0 fully saturated rings. The van der Waals surface area contributed by atoms with Crippen molar-refractivity contribution in [2.45, 2.75) is 26.8 Å². The molecule has 2 heterocycles. The number of rotatable bonds is 2. The van der Waals surface area contributed by atoms with Crippen LogP contribution < -0.4 is 10.7 Å². The number of carbonyl (C=O) groups excluding carboxylic acids is 1. The standard InChI is InChI=1S/C20H17BrN2O2/c1-11-8-14(21)9-12(2)17(11)22-20(25)16-10-23-7-6-13-4-3-5-15(18(13)23)19(16)24/h3-5,8-10H,6-7H2,1-2H3,(H,22,25). The number of amides is 1. The third-order valence-electron chi connectivity index (χ3n) is 4.78. The molecule has 0 aliphatic carbocycles. The molecule has 4 rings (SSSR count). The molecule has 0 bridgehead atoms. The predicted octanol–water partition coefficient (Wildman–Crippen LogP) is 4.19. The van der Waals surface area contributed by atoms with E-state index in [1.165, 1.54) is 5.56 Å². The van der Waals surface area contributed by atoms with Gasteiger partial charge in [0, 0.05) is 28.3 Å². The highest BCUT2D eigenvalue weighted by atomic mass is 79.9. The Morgan fingerprint density at radius 1 is 1.20 bits per heavy atom. The van der Waals surface area contributed by atoms with Crippen molar-refractivity contribution in [3.63, 3.8) is 0 Å². The highest BCUT2D eigenvalue weighted by molar-refractivity contribution is 9.10. The van der Waals surface area contributed by atoms with Gasteiger partial charge in [-0.25, -0.2) is 0 Å². The van der Waals surface area contributed by atoms with Gasteiger partial charge in [0.05, 0.1) is 5.52 Å². The molecule has 0 saturated heterocycles. The summed E-state index contributed by atoms with van der Waals surface area (Å²) in [6.07, 6.45) is 2.59. The van der Waals surface area contributed by atoms with Crippen LogP contribution in [0.2, 0.25) is 0 Å². The second kappa shape index (κ2) is 5.85. The molecule has 1 aliphatic heterocycles. The first-order valence-corrected chi connectivity index (χ1v) is 8.98. The number of aromatic nitrogens is 1. The smallest absolute Gasteiger partial charge is 0.261 e. The van der Waals surface area contributed by atoms with Crippen molar-refractivity contribution in [3.8, 4) is 0 Å². The van der Waals surface area contributed by atoms with Gasteiger partial charge in [-0.05, 0) is 55.2 Å². The lowest BCUT2D eigenvalue weighted by atomic mass is 10.1. The third-order valence-corrected chi connectivity index (χ3v) is 5.24. The van der Waals surface area contributed by atoms with Crippen LogP contribution in [0.5, 0.6) is 0 Å². The van der Waals surface area contributed by atoms with Crippen LogP contribution in [0, 0.1) is 13.8 Å². The number of nitrogens with one attached hydrogen (secondary N) is 1. The SMILES string of the molecule is Cc1cc(Br)cc(C)c1NC(=O)c1cn2c3c(cccc3c1=O)CC2. The molecule has 1 aliphatic rings. The summed E-state index contributed by atoms with van der Waals surface area (Å²) >= 11 is 3.46. The molecule has 2 aromatic carbocycles. The van der Waals surface area contributed by atoms with Crippen LogP contribution >= 0.6 is 15.9 Å². The van der Waals surface area contributed by atoms with Gasteiger partial charge in [0.15, 0.2) is 0 Å². The quantitative estimate of drug-likeness (QED) is 0.705. The molecule has 0 saturated carbocycles. The second-order valence-electron chi connectivity index (χ2n) is 6.50.